The number of hydrogen-bond acceptors (Lipinski definition) is 5. The van der Waals surface area contributed by atoms with Gasteiger partial charge in [-0.1, -0.05) is 43.7 Å². The van der Waals surface area contributed by atoms with E-state index in [4.69, 9.17) is 4.74 Å². The number of ether oxygens (including phenoxy) is 1. The minimum Gasteiger partial charge on any atom is -0.507 e. The van der Waals surface area contributed by atoms with Crippen LogP contribution in [0.25, 0.3) is 5.76 Å². The number of carbonyl (C=O) groups is 2. The van der Waals surface area contributed by atoms with Crippen LogP contribution in [-0.4, -0.2) is 60.4 Å². The Labute approximate surface area is 196 Å². The molecule has 0 unspecified atom stereocenters. The molecule has 0 bridgehead atoms. The molecule has 2 aromatic carbocycles. The lowest BCUT2D eigenvalue weighted by molar-refractivity contribution is -0.139. The molecule has 1 heterocycles. The van der Waals surface area contributed by atoms with Crippen molar-refractivity contribution in [2.45, 2.75) is 39.2 Å². The zero-order valence-corrected chi connectivity index (χ0v) is 20.0. The monoisotopic (exact) mass is 450 g/mol. The maximum Gasteiger partial charge on any atom is 0.295 e. The van der Waals surface area contributed by atoms with Gasteiger partial charge in [0.15, 0.2) is 0 Å². The summed E-state index contributed by atoms with van der Waals surface area (Å²) < 4.78 is 5.77. The molecule has 3 rings (SSSR count). The fourth-order valence-corrected chi connectivity index (χ4v) is 4.12. The van der Waals surface area contributed by atoms with Crippen molar-refractivity contribution in [3.8, 4) is 5.75 Å². The van der Waals surface area contributed by atoms with Gasteiger partial charge < -0.3 is 19.6 Å². The van der Waals surface area contributed by atoms with Crippen LogP contribution in [0.4, 0.5) is 0 Å². The van der Waals surface area contributed by atoms with Gasteiger partial charge in [-0.15, -0.1) is 0 Å². The molecule has 0 saturated carbocycles. The molecule has 33 heavy (non-hydrogen) atoms. The van der Waals surface area contributed by atoms with Crippen molar-refractivity contribution in [3.63, 3.8) is 0 Å². The Kier molecular flexibility index (Phi) is 8.28. The maximum atomic E-state index is 13.1. The van der Waals surface area contributed by atoms with Crippen LogP contribution in [0, 0.1) is 6.92 Å². The summed E-state index contributed by atoms with van der Waals surface area (Å²) in [6.07, 6.45) is 2.74. The number of carbonyl (C=O) groups excluding carboxylic acids is 2. The van der Waals surface area contributed by atoms with E-state index >= 15 is 0 Å². The van der Waals surface area contributed by atoms with Crippen molar-refractivity contribution < 1.29 is 19.4 Å². The number of aryl methyl sites for hydroxylation is 1. The van der Waals surface area contributed by atoms with Crippen molar-refractivity contribution >= 4 is 17.4 Å². The van der Waals surface area contributed by atoms with Crippen molar-refractivity contribution in [2.24, 2.45) is 0 Å². The average molecular weight is 451 g/mol. The molecule has 0 spiro atoms. The van der Waals surface area contributed by atoms with Crippen LogP contribution in [0.1, 0.15) is 48.9 Å². The zero-order chi connectivity index (χ0) is 24.0. The maximum absolute atomic E-state index is 13.1. The largest absolute Gasteiger partial charge is 0.507 e. The highest BCUT2D eigenvalue weighted by molar-refractivity contribution is 6.46. The highest BCUT2D eigenvalue weighted by Gasteiger charge is 2.45. The first-order chi connectivity index (χ1) is 15.8. The SMILES string of the molecule is CCCCOc1ccc(C(O)=C2C(=O)C(=O)N(CCCN(C)C)[C@H]2c2ccccc2)c(C)c1. The molecule has 2 aromatic rings. The zero-order valence-electron chi connectivity index (χ0n) is 20.0. The smallest absolute Gasteiger partial charge is 0.295 e. The minimum absolute atomic E-state index is 0.138. The Bertz CT molecular complexity index is 1010. The number of rotatable bonds is 10. The van der Waals surface area contributed by atoms with Crippen molar-refractivity contribution in [2.75, 3.05) is 33.8 Å². The molecule has 1 saturated heterocycles. The van der Waals surface area contributed by atoms with Crippen molar-refractivity contribution in [1.82, 2.24) is 9.80 Å². The van der Waals surface area contributed by atoms with E-state index in [0.717, 1.165) is 42.7 Å². The van der Waals surface area contributed by atoms with Gasteiger partial charge in [0.05, 0.1) is 18.2 Å². The summed E-state index contributed by atoms with van der Waals surface area (Å²) >= 11 is 0. The van der Waals surface area contributed by atoms with E-state index in [2.05, 4.69) is 6.92 Å². The van der Waals surface area contributed by atoms with E-state index in [-0.39, 0.29) is 11.3 Å². The Morgan fingerprint density at radius 2 is 1.82 bits per heavy atom. The van der Waals surface area contributed by atoms with E-state index in [0.29, 0.717) is 18.7 Å². The summed E-state index contributed by atoms with van der Waals surface area (Å²) in [5.74, 6) is -0.633. The fraction of sp³-hybridized carbons (Fsp3) is 0.407. The Morgan fingerprint density at radius 1 is 1.09 bits per heavy atom. The molecule has 6 heteroatoms. The fourth-order valence-electron chi connectivity index (χ4n) is 4.12. The summed E-state index contributed by atoms with van der Waals surface area (Å²) in [6.45, 7) is 5.83. The first-order valence-electron chi connectivity index (χ1n) is 11.6. The molecular formula is C27H34N2O4. The third-order valence-corrected chi connectivity index (χ3v) is 5.88. The van der Waals surface area contributed by atoms with E-state index < -0.39 is 17.7 Å². The molecule has 1 aliphatic rings. The van der Waals surface area contributed by atoms with Crippen LogP contribution in [0.3, 0.4) is 0 Å². The van der Waals surface area contributed by atoms with Crippen LogP contribution in [0.15, 0.2) is 54.1 Å². The number of likely N-dealkylation sites (tertiary alicyclic amines) is 1. The molecule has 1 aliphatic heterocycles. The Balaban J connectivity index is 2.00. The lowest BCUT2D eigenvalue weighted by atomic mass is 9.94. The Morgan fingerprint density at radius 3 is 2.45 bits per heavy atom. The second kappa shape index (κ2) is 11.1. The summed E-state index contributed by atoms with van der Waals surface area (Å²) in [4.78, 5) is 29.7. The number of aliphatic hydroxyl groups excluding tert-OH is 1. The number of hydrogen-bond donors (Lipinski definition) is 1. The first kappa shape index (κ1) is 24.5. The van der Waals surface area contributed by atoms with Gasteiger partial charge in [0.2, 0.25) is 0 Å². The van der Waals surface area contributed by atoms with Crippen LogP contribution in [-0.2, 0) is 9.59 Å². The van der Waals surface area contributed by atoms with Gasteiger partial charge in [0.1, 0.15) is 11.5 Å². The molecule has 0 radical (unpaired) electrons. The van der Waals surface area contributed by atoms with Crippen LogP contribution in [0.5, 0.6) is 5.75 Å². The molecule has 0 aromatic heterocycles. The van der Waals surface area contributed by atoms with Crippen LogP contribution >= 0.6 is 0 Å². The number of nitrogens with zero attached hydrogens (tertiary/aromatic N) is 2. The predicted molar refractivity (Wildman–Crippen MR) is 130 cm³/mol. The molecule has 176 valence electrons. The summed E-state index contributed by atoms with van der Waals surface area (Å²) in [7, 11) is 3.95. The molecule has 6 nitrogen and oxygen atoms in total. The van der Waals surface area contributed by atoms with Gasteiger partial charge in [-0.2, -0.15) is 0 Å². The topological polar surface area (TPSA) is 70.1 Å². The second-order valence-corrected chi connectivity index (χ2v) is 8.74. The number of ketones is 1. The molecule has 1 N–H and O–H groups in total. The number of amides is 1. The number of Topliss-reactive ketones (excluding diaryl/α,β-unsaturated/α-hetero) is 1. The van der Waals surface area contributed by atoms with Crippen LogP contribution < -0.4 is 4.74 Å². The average Bonchev–Trinajstić information content (AvgIpc) is 3.04. The quantitative estimate of drug-likeness (QED) is 0.249. The van der Waals surface area contributed by atoms with Crippen molar-refractivity contribution in [1.29, 1.82) is 0 Å². The molecule has 1 amide bonds. The number of aliphatic hydroxyl groups is 1. The standard InChI is InChI=1S/C27H34N2O4/c1-5-6-17-33-21-13-14-22(19(2)18-21)25(30)23-24(20-11-8-7-9-12-20)29(27(32)26(23)31)16-10-15-28(3)4/h7-9,11-14,18,24,30H,5-6,10,15-17H2,1-4H3/t24-/m0/s1. The third-order valence-electron chi connectivity index (χ3n) is 5.88. The van der Waals surface area contributed by atoms with Gasteiger partial charge in [0.25, 0.3) is 11.7 Å². The highest BCUT2D eigenvalue weighted by atomic mass is 16.5. The van der Waals surface area contributed by atoms with Gasteiger partial charge in [-0.25, -0.2) is 0 Å². The van der Waals surface area contributed by atoms with Gasteiger partial charge >= 0.3 is 0 Å². The predicted octanol–water partition coefficient (Wildman–Crippen LogP) is 4.55. The molecular weight excluding hydrogens is 416 g/mol. The van der Waals surface area contributed by atoms with E-state index in [1.165, 1.54) is 0 Å². The first-order valence-corrected chi connectivity index (χ1v) is 11.6. The number of unbranched alkanes of at least 4 members (excludes halogenated alkanes) is 1. The molecule has 1 fully saturated rings. The van der Waals surface area contributed by atoms with Gasteiger partial charge in [-0.05, 0) is 69.7 Å². The normalized spacial score (nSPS) is 17.7. The number of benzene rings is 2. The molecule has 1 atom stereocenters. The highest BCUT2D eigenvalue weighted by Crippen LogP contribution is 2.40. The summed E-state index contributed by atoms with van der Waals surface area (Å²) in [6, 6.07) is 14.2. The third kappa shape index (κ3) is 5.63. The molecule has 0 aliphatic carbocycles. The van der Waals surface area contributed by atoms with Gasteiger partial charge in [-0.3, -0.25) is 9.59 Å². The second-order valence-electron chi connectivity index (χ2n) is 8.74. The van der Waals surface area contributed by atoms with E-state index in [1.54, 1.807) is 17.0 Å². The van der Waals surface area contributed by atoms with Gasteiger partial charge in [0, 0.05) is 12.1 Å². The lowest BCUT2D eigenvalue weighted by Crippen LogP contribution is -2.32. The minimum atomic E-state index is -0.645. The van der Waals surface area contributed by atoms with Crippen LogP contribution in [0.2, 0.25) is 0 Å². The van der Waals surface area contributed by atoms with Crippen molar-refractivity contribution in [3.05, 3.63) is 70.8 Å². The summed E-state index contributed by atoms with van der Waals surface area (Å²) in [5, 5.41) is 11.3. The summed E-state index contributed by atoms with van der Waals surface area (Å²) in [5.41, 5.74) is 2.26. The van der Waals surface area contributed by atoms with E-state index in [9.17, 15) is 14.7 Å². The lowest BCUT2D eigenvalue weighted by Gasteiger charge is -2.26. The Hall–Kier alpha value is -3.12. The van der Waals surface area contributed by atoms with E-state index in [1.807, 2.05) is 62.3 Å².